The second kappa shape index (κ2) is 4.52. The van der Waals surface area contributed by atoms with Crippen LogP contribution < -0.4 is 0 Å². The van der Waals surface area contributed by atoms with Crippen LogP contribution in [0.15, 0.2) is 53.6 Å². The summed E-state index contributed by atoms with van der Waals surface area (Å²) in [6.07, 6.45) is 6.92. The summed E-state index contributed by atoms with van der Waals surface area (Å²) in [5.74, 6) is 0. The number of rotatable bonds is 2. The lowest BCUT2D eigenvalue weighted by Crippen LogP contribution is -2.08. The minimum atomic E-state index is -0.456. The van der Waals surface area contributed by atoms with Crippen LogP contribution in [0.1, 0.15) is 0 Å². The summed E-state index contributed by atoms with van der Waals surface area (Å²) in [5, 5.41) is 18.1. The van der Waals surface area contributed by atoms with E-state index in [0.717, 1.165) is 0 Å². The Hall–Kier alpha value is -2.56. The van der Waals surface area contributed by atoms with Crippen LogP contribution in [0.25, 0.3) is 0 Å². The highest BCUT2D eigenvalue weighted by Crippen LogP contribution is 2.18. The summed E-state index contributed by atoms with van der Waals surface area (Å²) in [5.41, 5.74) is 1.49. The lowest BCUT2D eigenvalue weighted by molar-refractivity contribution is -0.384. The number of nitro groups is 1. The fourth-order valence-corrected chi connectivity index (χ4v) is 1.36. The second-order valence-corrected chi connectivity index (χ2v) is 3.40. The quantitative estimate of drug-likeness (QED) is 0.479. The molecule has 5 heteroatoms. The number of nitrogens with one attached hydrogen (secondary N) is 1. The van der Waals surface area contributed by atoms with E-state index in [1.807, 2.05) is 0 Å². The highest BCUT2D eigenvalue weighted by atomic mass is 16.6. The Morgan fingerprint density at radius 1 is 1.12 bits per heavy atom. The van der Waals surface area contributed by atoms with Crippen molar-refractivity contribution < 1.29 is 4.92 Å². The van der Waals surface area contributed by atoms with E-state index in [0.29, 0.717) is 17.1 Å². The summed E-state index contributed by atoms with van der Waals surface area (Å²) < 4.78 is 0. The van der Waals surface area contributed by atoms with E-state index in [9.17, 15) is 10.1 Å². The number of non-ortho nitro benzene ring substituents is 1. The Labute approximate surface area is 97.5 Å². The maximum Gasteiger partial charge on any atom is 0.269 e. The van der Waals surface area contributed by atoms with Gasteiger partial charge in [-0.1, -0.05) is 12.2 Å². The highest BCUT2D eigenvalue weighted by Gasteiger charge is 2.06. The molecule has 5 nitrogen and oxygen atoms in total. The molecule has 1 N–H and O–H groups in total. The van der Waals surface area contributed by atoms with Gasteiger partial charge in [-0.15, -0.1) is 0 Å². The van der Waals surface area contributed by atoms with Crippen LogP contribution in [0.3, 0.4) is 0 Å². The van der Waals surface area contributed by atoms with Crippen LogP contribution in [0, 0.1) is 15.5 Å². The summed E-state index contributed by atoms with van der Waals surface area (Å²) in [6, 6.07) is 5.91. The minimum Gasteiger partial charge on any atom is -0.299 e. The summed E-state index contributed by atoms with van der Waals surface area (Å²) in [4.78, 5) is 14.2. The fraction of sp³-hybridized carbons (Fsp3) is 0. The second-order valence-electron chi connectivity index (χ2n) is 3.40. The van der Waals surface area contributed by atoms with Gasteiger partial charge < -0.3 is 0 Å². The minimum absolute atomic E-state index is 0.0307. The number of hydrogen-bond acceptors (Lipinski definition) is 4. The predicted molar refractivity (Wildman–Crippen MR) is 66.2 cm³/mol. The van der Waals surface area contributed by atoms with Crippen molar-refractivity contribution >= 4 is 22.8 Å². The topological polar surface area (TPSA) is 79.3 Å². The third-order valence-electron chi connectivity index (χ3n) is 2.21. The maximum absolute atomic E-state index is 10.5. The van der Waals surface area contributed by atoms with Gasteiger partial charge in [0.15, 0.2) is 0 Å². The van der Waals surface area contributed by atoms with Gasteiger partial charge in [0.25, 0.3) is 5.69 Å². The molecule has 0 heterocycles. The molecule has 84 valence electrons. The van der Waals surface area contributed by atoms with E-state index < -0.39 is 4.92 Å². The number of hydrogen-bond donors (Lipinski definition) is 1. The molecule has 1 aromatic carbocycles. The van der Waals surface area contributed by atoms with Gasteiger partial charge in [-0.25, -0.2) is 4.99 Å². The van der Waals surface area contributed by atoms with Crippen molar-refractivity contribution in [2.24, 2.45) is 4.99 Å². The van der Waals surface area contributed by atoms with Crippen LogP contribution >= 0.6 is 0 Å². The Morgan fingerprint density at radius 2 is 1.76 bits per heavy atom. The Morgan fingerprint density at radius 3 is 2.35 bits per heavy atom. The third kappa shape index (κ3) is 2.52. The van der Waals surface area contributed by atoms with Gasteiger partial charge in [-0.2, -0.15) is 0 Å². The molecule has 0 unspecified atom stereocenters. The SMILES string of the molecule is N=C1C=CC=CC1=Nc1ccc([N+](=O)[O-])cc1. The van der Waals surface area contributed by atoms with Gasteiger partial charge in [0, 0.05) is 12.1 Å². The first kappa shape index (κ1) is 10.9. The van der Waals surface area contributed by atoms with Gasteiger partial charge in [-0.3, -0.25) is 15.5 Å². The first-order chi connectivity index (χ1) is 8.16. The lowest BCUT2D eigenvalue weighted by Gasteiger charge is -2.02. The Bertz CT molecular complexity index is 554. The molecule has 0 fully saturated rings. The molecule has 0 aromatic heterocycles. The van der Waals surface area contributed by atoms with E-state index in [1.54, 1.807) is 36.4 Å². The van der Waals surface area contributed by atoms with E-state index in [4.69, 9.17) is 5.41 Å². The zero-order chi connectivity index (χ0) is 12.3. The van der Waals surface area contributed by atoms with Crippen LogP contribution in [-0.4, -0.2) is 16.3 Å². The van der Waals surface area contributed by atoms with Crippen molar-refractivity contribution in [2.75, 3.05) is 0 Å². The molecular weight excluding hydrogens is 218 g/mol. The summed E-state index contributed by atoms with van der Waals surface area (Å²) >= 11 is 0. The standard InChI is InChI=1S/C12H9N3O2/c13-11-3-1-2-4-12(11)14-9-5-7-10(8-6-9)15(16)17/h1-8,13H. The fourth-order valence-electron chi connectivity index (χ4n) is 1.36. The zero-order valence-corrected chi connectivity index (χ0v) is 8.83. The predicted octanol–water partition coefficient (Wildman–Crippen LogP) is 2.81. The maximum atomic E-state index is 10.5. The van der Waals surface area contributed by atoms with Crippen molar-refractivity contribution in [1.82, 2.24) is 0 Å². The zero-order valence-electron chi connectivity index (χ0n) is 8.83. The molecule has 0 bridgehead atoms. The average Bonchev–Trinajstić information content (AvgIpc) is 2.33. The summed E-state index contributed by atoms with van der Waals surface area (Å²) in [6.45, 7) is 0. The first-order valence-electron chi connectivity index (χ1n) is 4.93. The number of aliphatic imine (C=N–C) groups is 1. The molecule has 1 aliphatic carbocycles. The molecule has 17 heavy (non-hydrogen) atoms. The Balaban J connectivity index is 2.27. The molecule has 0 saturated heterocycles. The monoisotopic (exact) mass is 227 g/mol. The molecular formula is C12H9N3O2. The van der Waals surface area contributed by atoms with Crippen LogP contribution in [0.5, 0.6) is 0 Å². The van der Waals surface area contributed by atoms with Gasteiger partial charge in [0.1, 0.15) is 0 Å². The average molecular weight is 227 g/mol. The van der Waals surface area contributed by atoms with E-state index in [2.05, 4.69) is 4.99 Å². The molecule has 0 atom stereocenters. The number of benzene rings is 1. The van der Waals surface area contributed by atoms with Crippen LogP contribution in [-0.2, 0) is 0 Å². The van der Waals surface area contributed by atoms with E-state index in [-0.39, 0.29) is 5.69 Å². The molecule has 0 saturated carbocycles. The van der Waals surface area contributed by atoms with Gasteiger partial charge in [-0.05, 0) is 24.3 Å². The molecule has 0 spiro atoms. The highest BCUT2D eigenvalue weighted by molar-refractivity contribution is 6.50. The van der Waals surface area contributed by atoms with E-state index >= 15 is 0 Å². The smallest absolute Gasteiger partial charge is 0.269 e. The molecule has 0 amide bonds. The van der Waals surface area contributed by atoms with E-state index in [1.165, 1.54) is 12.1 Å². The molecule has 0 radical (unpaired) electrons. The number of allylic oxidation sites excluding steroid dienone is 4. The van der Waals surface area contributed by atoms with Crippen molar-refractivity contribution in [2.45, 2.75) is 0 Å². The van der Waals surface area contributed by atoms with Crippen molar-refractivity contribution in [3.63, 3.8) is 0 Å². The normalized spacial score (nSPS) is 16.5. The molecule has 2 rings (SSSR count). The van der Waals surface area contributed by atoms with Crippen LogP contribution in [0.2, 0.25) is 0 Å². The Kier molecular flexibility index (Phi) is 2.91. The third-order valence-corrected chi connectivity index (χ3v) is 2.21. The lowest BCUT2D eigenvalue weighted by atomic mass is 10.1. The van der Waals surface area contributed by atoms with Crippen molar-refractivity contribution in [1.29, 1.82) is 5.41 Å². The van der Waals surface area contributed by atoms with Crippen molar-refractivity contribution in [3.05, 3.63) is 58.7 Å². The number of nitrogens with zero attached hydrogens (tertiary/aromatic N) is 2. The largest absolute Gasteiger partial charge is 0.299 e. The summed E-state index contributed by atoms with van der Waals surface area (Å²) in [7, 11) is 0. The van der Waals surface area contributed by atoms with Gasteiger partial charge in [0.2, 0.25) is 0 Å². The van der Waals surface area contributed by atoms with Crippen LogP contribution in [0.4, 0.5) is 11.4 Å². The molecule has 0 aliphatic heterocycles. The first-order valence-corrected chi connectivity index (χ1v) is 4.93. The van der Waals surface area contributed by atoms with Crippen molar-refractivity contribution in [3.8, 4) is 0 Å². The number of nitro benzene ring substituents is 1. The van der Waals surface area contributed by atoms with Gasteiger partial charge >= 0.3 is 0 Å². The molecule has 1 aliphatic rings. The van der Waals surface area contributed by atoms with Gasteiger partial charge in [0.05, 0.1) is 22.0 Å². The molecule has 1 aromatic rings.